The van der Waals surface area contributed by atoms with Crippen LogP contribution in [0.2, 0.25) is 0 Å². The van der Waals surface area contributed by atoms with Crippen LogP contribution < -0.4 is 4.74 Å². The number of pyridine rings is 1. The van der Waals surface area contributed by atoms with Crippen molar-refractivity contribution < 1.29 is 25.9 Å². The highest BCUT2D eigenvalue weighted by Gasteiger charge is 2.45. The maximum Gasteiger partial charge on any atom is 0.253 e. The molecule has 1 amide bonds. The molecule has 178 valence electrons. The summed E-state index contributed by atoms with van der Waals surface area (Å²) in [5.41, 5.74) is 1.65. The lowest BCUT2D eigenvalue weighted by atomic mass is 9.80. The van der Waals surface area contributed by atoms with Gasteiger partial charge in [0.2, 0.25) is 0 Å². The summed E-state index contributed by atoms with van der Waals surface area (Å²) in [7, 11) is 0. The molecular weight excluding hydrogens is 416 g/mol. The van der Waals surface area contributed by atoms with Crippen molar-refractivity contribution in [2.24, 2.45) is 0 Å². The third-order valence-corrected chi connectivity index (χ3v) is 6.50. The van der Waals surface area contributed by atoms with E-state index in [2.05, 4.69) is 4.98 Å². The molecule has 2 aliphatic rings. The number of aryl methyl sites for hydroxylation is 1. The molecular formula is C27H36N2O4. The van der Waals surface area contributed by atoms with Crippen molar-refractivity contribution >= 4 is 5.91 Å². The van der Waals surface area contributed by atoms with Crippen molar-refractivity contribution in [1.29, 1.82) is 0 Å². The Labute approximate surface area is 204 Å². The minimum Gasteiger partial charge on any atom is -0.491 e. The van der Waals surface area contributed by atoms with Crippen molar-refractivity contribution in [3.8, 4) is 5.75 Å². The van der Waals surface area contributed by atoms with Crippen molar-refractivity contribution in [2.45, 2.75) is 77.2 Å². The number of hydrogen-bond acceptors (Lipinski definition) is 5. The van der Waals surface area contributed by atoms with Gasteiger partial charge >= 0.3 is 0 Å². The molecule has 3 heterocycles. The molecule has 0 radical (unpaired) electrons. The van der Waals surface area contributed by atoms with E-state index < -0.39 is 31.2 Å². The molecule has 2 aliphatic heterocycles. The topological polar surface area (TPSA) is 60.9 Å². The lowest BCUT2D eigenvalue weighted by Crippen LogP contribution is -2.52. The maximum atomic E-state index is 13.3. The maximum absolute atomic E-state index is 13.3. The highest BCUT2D eigenvalue weighted by atomic mass is 16.5. The zero-order chi connectivity index (χ0) is 27.7. The van der Waals surface area contributed by atoms with Crippen LogP contribution in [0.4, 0.5) is 0 Å². The molecule has 6 nitrogen and oxygen atoms in total. The van der Waals surface area contributed by atoms with E-state index in [-0.39, 0.29) is 12.0 Å². The first-order valence-electron chi connectivity index (χ1n) is 14.1. The molecule has 0 saturated carbocycles. The lowest BCUT2D eigenvalue weighted by molar-refractivity contribution is -0.190. The van der Waals surface area contributed by atoms with Gasteiger partial charge in [-0.15, -0.1) is 0 Å². The number of likely N-dealkylation sites (tertiary alicyclic amines) is 1. The van der Waals surface area contributed by atoms with Crippen molar-refractivity contribution in [1.82, 2.24) is 9.88 Å². The monoisotopic (exact) mass is 457 g/mol. The number of amides is 1. The molecule has 6 heteroatoms. The van der Waals surface area contributed by atoms with Crippen LogP contribution in [-0.2, 0) is 9.47 Å². The molecule has 1 spiro atoms. The van der Waals surface area contributed by atoms with E-state index in [1.54, 1.807) is 29.4 Å². The largest absolute Gasteiger partial charge is 0.491 e. The van der Waals surface area contributed by atoms with E-state index in [1.807, 2.05) is 39.0 Å². The SMILES string of the molecule is [2H]C([2H])([2H])C([2H])([2H])O[C@H]1C[C@@H](c2cccnc2)OC2(CCN(C(=O)c3ccc(OC(C)C)c(C)c3)CC2)C1. The summed E-state index contributed by atoms with van der Waals surface area (Å²) in [6.07, 6.45) is 4.04. The fraction of sp³-hybridized carbons (Fsp3) is 0.556. The van der Waals surface area contributed by atoms with Gasteiger partial charge in [-0.05, 0) is 75.9 Å². The normalized spacial score (nSPS) is 25.6. The average Bonchev–Trinajstić information content (AvgIpc) is 2.84. The Morgan fingerprint density at radius 1 is 1.36 bits per heavy atom. The van der Waals surface area contributed by atoms with Crippen LogP contribution in [-0.4, -0.2) is 53.2 Å². The summed E-state index contributed by atoms with van der Waals surface area (Å²) in [5, 5.41) is 0. The zero-order valence-electron chi connectivity index (χ0n) is 24.5. The van der Waals surface area contributed by atoms with Gasteiger partial charge in [-0.1, -0.05) is 6.07 Å². The van der Waals surface area contributed by atoms with E-state index in [9.17, 15) is 4.79 Å². The van der Waals surface area contributed by atoms with Gasteiger partial charge < -0.3 is 19.1 Å². The van der Waals surface area contributed by atoms with Gasteiger partial charge in [0.05, 0.1) is 26.7 Å². The zero-order valence-corrected chi connectivity index (χ0v) is 19.5. The van der Waals surface area contributed by atoms with E-state index in [1.165, 1.54) is 0 Å². The second-order valence-corrected chi connectivity index (χ2v) is 9.30. The predicted molar refractivity (Wildman–Crippen MR) is 128 cm³/mol. The standard InChI is InChI=1S/C27H36N2O4/c1-5-31-23-16-25(22-7-6-12-28-18-22)33-27(17-23)10-13-29(14-11-27)26(30)21-8-9-24(20(4)15-21)32-19(2)3/h6-9,12,15,18-19,23,25H,5,10-11,13-14,16-17H2,1-4H3/t23-,25-/m0/s1/i1D3,5D2. The summed E-state index contributed by atoms with van der Waals surface area (Å²) >= 11 is 0. The van der Waals surface area contributed by atoms with Gasteiger partial charge in [-0.25, -0.2) is 0 Å². The first-order chi connectivity index (χ1) is 17.8. The molecule has 0 bridgehead atoms. The third kappa shape index (κ3) is 5.56. The second-order valence-electron chi connectivity index (χ2n) is 9.30. The Morgan fingerprint density at radius 3 is 2.85 bits per heavy atom. The summed E-state index contributed by atoms with van der Waals surface area (Å²) in [4.78, 5) is 19.3. The van der Waals surface area contributed by atoms with E-state index in [0.717, 1.165) is 16.9 Å². The van der Waals surface area contributed by atoms with E-state index in [4.69, 9.17) is 21.1 Å². The quantitative estimate of drug-likeness (QED) is 0.603. The number of carbonyl (C=O) groups is 1. The molecule has 2 atom stereocenters. The van der Waals surface area contributed by atoms with Crippen LogP contribution in [0.15, 0.2) is 42.7 Å². The summed E-state index contributed by atoms with van der Waals surface area (Å²) < 4.78 is 56.7. The van der Waals surface area contributed by atoms with Crippen LogP contribution in [0, 0.1) is 6.92 Å². The van der Waals surface area contributed by atoms with Gasteiger partial charge in [0.25, 0.3) is 5.91 Å². The Kier molecular flexibility index (Phi) is 5.56. The first-order valence-corrected chi connectivity index (χ1v) is 11.6. The molecule has 1 aromatic heterocycles. The van der Waals surface area contributed by atoms with E-state index >= 15 is 0 Å². The Balaban J connectivity index is 1.49. The smallest absolute Gasteiger partial charge is 0.253 e. The number of rotatable bonds is 6. The highest BCUT2D eigenvalue weighted by Crippen LogP contribution is 2.44. The fourth-order valence-corrected chi connectivity index (χ4v) is 4.87. The van der Waals surface area contributed by atoms with Crippen LogP contribution in [0.3, 0.4) is 0 Å². The van der Waals surface area contributed by atoms with Gasteiger partial charge in [0.1, 0.15) is 5.75 Å². The van der Waals surface area contributed by atoms with Crippen molar-refractivity contribution in [2.75, 3.05) is 19.6 Å². The third-order valence-electron chi connectivity index (χ3n) is 6.50. The first kappa shape index (κ1) is 18.0. The van der Waals surface area contributed by atoms with Gasteiger partial charge in [-0.3, -0.25) is 9.78 Å². The number of benzene rings is 1. The molecule has 33 heavy (non-hydrogen) atoms. The Hall–Kier alpha value is -2.44. The van der Waals surface area contributed by atoms with Crippen LogP contribution >= 0.6 is 0 Å². The molecule has 0 N–H and O–H groups in total. The molecule has 0 unspecified atom stereocenters. The van der Waals surface area contributed by atoms with Gasteiger partial charge in [0.15, 0.2) is 0 Å². The van der Waals surface area contributed by atoms with E-state index in [0.29, 0.717) is 44.3 Å². The van der Waals surface area contributed by atoms with Crippen LogP contribution in [0.1, 0.15) is 80.8 Å². The van der Waals surface area contributed by atoms with Crippen LogP contribution in [0.25, 0.3) is 0 Å². The highest BCUT2D eigenvalue weighted by molar-refractivity contribution is 5.94. The number of hydrogen-bond donors (Lipinski definition) is 0. The fourth-order valence-electron chi connectivity index (χ4n) is 4.87. The number of nitrogens with zero attached hydrogens (tertiary/aromatic N) is 2. The predicted octanol–water partition coefficient (Wildman–Crippen LogP) is 5.11. The molecule has 2 fully saturated rings. The summed E-state index contributed by atoms with van der Waals surface area (Å²) in [6.45, 7) is 1.07. The molecule has 2 saturated heterocycles. The van der Waals surface area contributed by atoms with Gasteiger partial charge in [0, 0.05) is 54.6 Å². The lowest BCUT2D eigenvalue weighted by Gasteiger charge is -2.48. The molecule has 4 rings (SSSR count). The minimum absolute atomic E-state index is 0.0438. The average molecular weight is 458 g/mol. The Morgan fingerprint density at radius 2 is 2.18 bits per heavy atom. The van der Waals surface area contributed by atoms with Crippen molar-refractivity contribution in [3.05, 3.63) is 59.4 Å². The summed E-state index contributed by atoms with van der Waals surface area (Å²) in [6, 6.07) is 9.16. The molecule has 1 aromatic carbocycles. The number of aromatic nitrogens is 1. The van der Waals surface area contributed by atoms with Crippen LogP contribution in [0.5, 0.6) is 5.75 Å². The summed E-state index contributed by atoms with van der Waals surface area (Å²) in [5.74, 6) is 0.694. The number of piperidine rings is 1. The van der Waals surface area contributed by atoms with Gasteiger partial charge in [-0.2, -0.15) is 0 Å². The van der Waals surface area contributed by atoms with Crippen molar-refractivity contribution in [3.63, 3.8) is 0 Å². The Bertz CT molecular complexity index is 1120. The minimum atomic E-state index is -2.91. The second kappa shape index (κ2) is 10.2. The molecule has 0 aliphatic carbocycles. The number of ether oxygens (including phenoxy) is 3. The molecule has 2 aromatic rings. The number of carbonyl (C=O) groups excluding carboxylic acids is 1.